The van der Waals surface area contributed by atoms with Gasteiger partial charge in [0.1, 0.15) is 5.75 Å². The van der Waals surface area contributed by atoms with Crippen molar-refractivity contribution in [3.63, 3.8) is 0 Å². The van der Waals surface area contributed by atoms with Gasteiger partial charge in [-0.25, -0.2) is 0 Å². The summed E-state index contributed by atoms with van der Waals surface area (Å²) in [5.41, 5.74) is 0.644. The molecule has 5 heteroatoms. The van der Waals surface area contributed by atoms with Gasteiger partial charge in [0.15, 0.2) is 0 Å². The zero-order valence-corrected chi connectivity index (χ0v) is 9.03. The first kappa shape index (κ1) is 11.0. The highest BCUT2D eigenvalue weighted by Gasteiger charge is 2.09. The number of nitrogens with zero attached hydrogens (tertiary/aromatic N) is 1. The number of rotatable bonds is 4. The molecule has 0 radical (unpaired) electrons. The number of phenolic OH excluding ortho intramolecular Hbond substituents is 1. The van der Waals surface area contributed by atoms with Crippen LogP contribution in [0.2, 0.25) is 0 Å². The minimum Gasteiger partial charge on any atom is -0.508 e. The Morgan fingerprint density at radius 3 is 2.79 bits per heavy atom. The minimum absolute atomic E-state index is 0.0207. The number of benzene rings is 1. The average molecular weight is 260 g/mol. The molecule has 0 aromatic heterocycles. The summed E-state index contributed by atoms with van der Waals surface area (Å²) in [5.74, 6) is 0.122. The first-order valence-electron chi connectivity index (χ1n) is 4.17. The number of nitro groups is 1. The normalized spacial score (nSPS) is 10.1. The molecule has 0 aliphatic rings. The maximum atomic E-state index is 10.5. The summed E-state index contributed by atoms with van der Waals surface area (Å²) < 4.78 is 0. The maximum Gasteiger partial charge on any atom is 0.269 e. The van der Waals surface area contributed by atoms with Gasteiger partial charge in [-0.05, 0) is 18.9 Å². The Bertz CT molecular complexity index is 341. The second kappa shape index (κ2) is 4.95. The lowest BCUT2D eigenvalue weighted by molar-refractivity contribution is -0.384. The van der Waals surface area contributed by atoms with Gasteiger partial charge in [0, 0.05) is 23.0 Å². The SMILES string of the molecule is O=[N+]([O-])c1ccc(O)c(CCCBr)c1. The molecule has 14 heavy (non-hydrogen) atoms. The minimum atomic E-state index is -0.461. The van der Waals surface area contributed by atoms with Crippen LogP contribution in [0.3, 0.4) is 0 Å². The van der Waals surface area contributed by atoms with Crippen LogP contribution in [0.15, 0.2) is 18.2 Å². The molecule has 0 spiro atoms. The zero-order chi connectivity index (χ0) is 10.6. The van der Waals surface area contributed by atoms with Gasteiger partial charge in [-0.15, -0.1) is 0 Å². The molecule has 1 N–H and O–H groups in total. The number of nitro benzene ring substituents is 1. The first-order chi connectivity index (χ1) is 6.65. The molecule has 76 valence electrons. The molecule has 0 atom stereocenters. The van der Waals surface area contributed by atoms with E-state index in [-0.39, 0.29) is 11.4 Å². The number of aryl methyl sites for hydroxylation is 1. The number of non-ortho nitro benzene ring substituents is 1. The van der Waals surface area contributed by atoms with Crippen LogP contribution in [0.25, 0.3) is 0 Å². The van der Waals surface area contributed by atoms with Crippen molar-refractivity contribution in [2.45, 2.75) is 12.8 Å². The van der Waals surface area contributed by atoms with Gasteiger partial charge in [0.05, 0.1) is 4.92 Å². The molecule has 0 heterocycles. The summed E-state index contributed by atoms with van der Waals surface area (Å²) in [6.45, 7) is 0. The fourth-order valence-electron chi connectivity index (χ4n) is 1.14. The van der Waals surface area contributed by atoms with Gasteiger partial charge in [-0.3, -0.25) is 10.1 Å². The lowest BCUT2D eigenvalue weighted by Gasteiger charge is -2.02. The van der Waals surface area contributed by atoms with Gasteiger partial charge < -0.3 is 5.11 Å². The summed E-state index contributed by atoms with van der Waals surface area (Å²) in [7, 11) is 0. The summed E-state index contributed by atoms with van der Waals surface area (Å²) in [6.07, 6.45) is 1.48. The number of hydrogen-bond donors (Lipinski definition) is 1. The van der Waals surface area contributed by atoms with Gasteiger partial charge >= 0.3 is 0 Å². The van der Waals surface area contributed by atoms with Crippen LogP contribution < -0.4 is 0 Å². The third-order valence-electron chi connectivity index (χ3n) is 1.85. The van der Waals surface area contributed by atoms with Crippen molar-refractivity contribution in [2.75, 3.05) is 5.33 Å². The van der Waals surface area contributed by atoms with Crippen LogP contribution >= 0.6 is 15.9 Å². The van der Waals surface area contributed by atoms with E-state index >= 15 is 0 Å². The molecule has 1 aromatic rings. The standard InChI is InChI=1S/C9H10BrNO3/c10-5-1-2-7-6-8(11(13)14)3-4-9(7)12/h3-4,6,12H,1-2,5H2. The smallest absolute Gasteiger partial charge is 0.269 e. The van der Waals surface area contributed by atoms with Crippen LogP contribution in [0.1, 0.15) is 12.0 Å². The van der Waals surface area contributed by atoms with Crippen LogP contribution in [0.5, 0.6) is 5.75 Å². The van der Waals surface area contributed by atoms with E-state index in [1.54, 1.807) is 0 Å². The largest absolute Gasteiger partial charge is 0.508 e. The van der Waals surface area contributed by atoms with Crippen LogP contribution in [0, 0.1) is 10.1 Å². The molecule has 1 rings (SSSR count). The summed E-state index contributed by atoms with van der Waals surface area (Å²) in [5, 5.41) is 20.7. The van der Waals surface area contributed by atoms with E-state index in [0.29, 0.717) is 12.0 Å². The van der Waals surface area contributed by atoms with E-state index in [1.807, 2.05) is 0 Å². The van der Waals surface area contributed by atoms with E-state index < -0.39 is 4.92 Å². The molecule has 1 aromatic carbocycles. The lowest BCUT2D eigenvalue weighted by atomic mass is 10.1. The summed E-state index contributed by atoms with van der Waals surface area (Å²) >= 11 is 3.26. The fraction of sp³-hybridized carbons (Fsp3) is 0.333. The summed E-state index contributed by atoms with van der Waals surface area (Å²) in [4.78, 5) is 9.99. The van der Waals surface area contributed by atoms with Crippen molar-refractivity contribution in [3.05, 3.63) is 33.9 Å². The molecule has 0 fully saturated rings. The van der Waals surface area contributed by atoms with Crippen molar-refractivity contribution in [2.24, 2.45) is 0 Å². The Morgan fingerprint density at radius 1 is 1.50 bits per heavy atom. The number of halogens is 1. The predicted octanol–water partition coefficient (Wildman–Crippen LogP) is 2.63. The van der Waals surface area contributed by atoms with Crippen molar-refractivity contribution in [1.29, 1.82) is 0 Å². The molecule has 0 amide bonds. The molecule has 0 aliphatic heterocycles. The third kappa shape index (κ3) is 2.70. The monoisotopic (exact) mass is 259 g/mol. The number of alkyl halides is 1. The highest BCUT2D eigenvalue weighted by atomic mass is 79.9. The quantitative estimate of drug-likeness (QED) is 0.514. The molecule has 0 saturated carbocycles. The maximum absolute atomic E-state index is 10.5. The van der Waals surface area contributed by atoms with E-state index in [1.165, 1.54) is 18.2 Å². The highest BCUT2D eigenvalue weighted by molar-refractivity contribution is 9.09. The predicted molar refractivity (Wildman–Crippen MR) is 56.9 cm³/mol. The van der Waals surface area contributed by atoms with Crippen molar-refractivity contribution < 1.29 is 10.0 Å². The average Bonchev–Trinajstić information content (AvgIpc) is 2.16. The topological polar surface area (TPSA) is 63.4 Å². The highest BCUT2D eigenvalue weighted by Crippen LogP contribution is 2.24. The van der Waals surface area contributed by atoms with Crippen LogP contribution in [-0.2, 0) is 6.42 Å². The van der Waals surface area contributed by atoms with Crippen molar-refractivity contribution in [1.82, 2.24) is 0 Å². The molecule has 0 aliphatic carbocycles. The molecule has 0 bridgehead atoms. The Labute approximate surface area is 89.8 Å². The van der Waals surface area contributed by atoms with E-state index in [0.717, 1.165) is 11.8 Å². The van der Waals surface area contributed by atoms with Crippen LogP contribution in [-0.4, -0.2) is 15.4 Å². The molecule has 0 unspecified atom stereocenters. The summed E-state index contributed by atoms with van der Waals surface area (Å²) in [6, 6.07) is 4.08. The second-order valence-electron chi connectivity index (χ2n) is 2.86. The number of hydrogen-bond acceptors (Lipinski definition) is 3. The van der Waals surface area contributed by atoms with Gasteiger partial charge in [0.2, 0.25) is 0 Å². The molecule has 4 nitrogen and oxygen atoms in total. The second-order valence-corrected chi connectivity index (χ2v) is 3.66. The van der Waals surface area contributed by atoms with Gasteiger partial charge in [-0.1, -0.05) is 15.9 Å². The van der Waals surface area contributed by atoms with Crippen molar-refractivity contribution >= 4 is 21.6 Å². The number of aromatic hydroxyl groups is 1. The number of phenols is 1. The van der Waals surface area contributed by atoms with Gasteiger partial charge in [0.25, 0.3) is 5.69 Å². The Morgan fingerprint density at radius 2 is 2.21 bits per heavy atom. The first-order valence-corrected chi connectivity index (χ1v) is 5.29. The molecule has 0 saturated heterocycles. The third-order valence-corrected chi connectivity index (χ3v) is 2.41. The fourth-order valence-corrected chi connectivity index (χ4v) is 1.42. The zero-order valence-electron chi connectivity index (χ0n) is 7.44. The van der Waals surface area contributed by atoms with E-state index in [9.17, 15) is 15.2 Å². The lowest BCUT2D eigenvalue weighted by Crippen LogP contribution is -1.92. The Balaban J connectivity index is 2.90. The van der Waals surface area contributed by atoms with Crippen LogP contribution in [0.4, 0.5) is 5.69 Å². The molecular weight excluding hydrogens is 250 g/mol. The van der Waals surface area contributed by atoms with Crippen molar-refractivity contribution in [3.8, 4) is 5.75 Å². The Hall–Kier alpha value is -1.10. The van der Waals surface area contributed by atoms with E-state index in [2.05, 4.69) is 15.9 Å². The van der Waals surface area contributed by atoms with Gasteiger partial charge in [-0.2, -0.15) is 0 Å². The Kier molecular flexibility index (Phi) is 3.88. The van der Waals surface area contributed by atoms with E-state index in [4.69, 9.17) is 0 Å². The molecular formula is C9H10BrNO3.